The summed E-state index contributed by atoms with van der Waals surface area (Å²) in [4.78, 5) is 11.1. The summed E-state index contributed by atoms with van der Waals surface area (Å²) < 4.78 is 253. The van der Waals surface area contributed by atoms with Crippen LogP contribution in [0.2, 0.25) is 0 Å². The second kappa shape index (κ2) is 10.1. The van der Waals surface area contributed by atoms with Crippen molar-refractivity contribution in [2.75, 3.05) is 0 Å². The van der Waals surface area contributed by atoms with Crippen molar-refractivity contribution < 1.29 is 98.1 Å². The maximum absolute atomic E-state index is 13.8. The molecule has 22 heteroatoms. The molecule has 0 bridgehead atoms. The molecular weight excluding hydrogens is 601 g/mol. The Hall–Kier alpha value is -2.16. The Morgan fingerprint density at radius 1 is 0.711 bits per heavy atom. The van der Waals surface area contributed by atoms with Gasteiger partial charge in [-0.3, -0.25) is 0 Å². The SMILES string of the molecule is C=C(C)C(=O)OC(C(O)CC(F)(F)C(F)(F)C(F)(F)C(F)(F)C(F)(F)C(F)(F)C(F)C(F)(F)F)C(F)(F)F. The summed E-state index contributed by atoms with van der Waals surface area (Å²) in [7, 11) is 0. The lowest BCUT2D eigenvalue weighted by Crippen LogP contribution is -2.72. The first-order chi connectivity index (χ1) is 16.2. The van der Waals surface area contributed by atoms with Gasteiger partial charge in [-0.05, 0) is 6.92 Å². The fraction of sp³-hybridized carbons (Fsp3) is 0.812. The lowest BCUT2D eigenvalue weighted by molar-refractivity contribution is -0.437. The van der Waals surface area contributed by atoms with Crippen LogP contribution in [0.4, 0.5) is 83.4 Å². The Bertz CT molecular complexity index is 872. The van der Waals surface area contributed by atoms with Crippen molar-refractivity contribution >= 4 is 5.97 Å². The predicted octanol–water partition coefficient (Wildman–Crippen LogP) is 6.50. The first kappa shape index (κ1) is 35.8. The summed E-state index contributed by atoms with van der Waals surface area (Å²) in [6.45, 7) is 3.29. The first-order valence-electron chi connectivity index (χ1n) is 8.84. The molecular formula is C16H11F19O3. The Morgan fingerprint density at radius 3 is 1.39 bits per heavy atom. The van der Waals surface area contributed by atoms with Gasteiger partial charge in [0.15, 0.2) is 0 Å². The number of halogens is 19. The number of hydrogen-bond donors (Lipinski definition) is 1. The van der Waals surface area contributed by atoms with Gasteiger partial charge in [0.05, 0.1) is 0 Å². The maximum atomic E-state index is 13.8. The van der Waals surface area contributed by atoms with Gasteiger partial charge >= 0.3 is 53.9 Å². The number of esters is 1. The highest BCUT2D eigenvalue weighted by Crippen LogP contribution is 2.62. The van der Waals surface area contributed by atoms with Gasteiger partial charge in [0.2, 0.25) is 6.10 Å². The molecule has 226 valence electrons. The Labute approximate surface area is 197 Å². The number of ether oxygens (including phenoxy) is 1. The zero-order chi connectivity index (χ0) is 31.3. The largest absolute Gasteiger partial charge is 0.447 e. The van der Waals surface area contributed by atoms with Crippen LogP contribution in [0.5, 0.6) is 0 Å². The molecule has 0 saturated heterocycles. The number of alkyl halides is 19. The van der Waals surface area contributed by atoms with Gasteiger partial charge in [0, 0.05) is 12.0 Å². The van der Waals surface area contributed by atoms with E-state index in [0.29, 0.717) is 6.92 Å². The number of carbonyl (C=O) groups is 1. The third-order valence-electron chi connectivity index (χ3n) is 4.39. The summed E-state index contributed by atoms with van der Waals surface area (Å²) in [5.41, 5.74) is -0.970. The Balaban J connectivity index is 6.58. The van der Waals surface area contributed by atoms with Crippen molar-refractivity contribution in [3.8, 4) is 0 Å². The van der Waals surface area contributed by atoms with Crippen molar-refractivity contribution in [1.82, 2.24) is 0 Å². The zero-order valence-corrected chi connectivity index (χ0v) is 17.6. The summed E-state index contributed by atoms with van der Waals surface area (Å²) in [5.74, 6) is -51.4. The average molecular weight is 612 g/mol. The van der Waals surface area contributed by atoms with Gasteiger partial charge in [-0.15, -0.1) is 0 Å². The number of hydrogen-bond acceptors (Lipinski definition) is 3. The smallest absolute Gasteiger partial charge is 0.428 e. The standard InChI is InChI=1S/C16H11F19O3/c1-4(2)7(37)38-6(11(22,23)24)5(36)3-9(18,19)13(28,29)15(32,33)16(34,35)14(30,31)10(20,21)8(17)12(25,26)27/h5-6,8,36H,1,3H2,2H3. The average Bonchev–Trinajstić information content (AvgIpc) is 2.68. The van der Waals surface area contributed by atoms with Crippen LogP contribution >= 0.6 is 0 Å². The van der Waals surface area contributed by atoms with E-state index in [4.69, 9.17) is 0 Å². The molecule has 0 spiro atoms. The molecule has 0 radical (unpaired) electrons. The molecule has 3 atom stereocenters. The summed E-state index contributed by atoms with van der Waals surface area (Å²) >= 11 is 0. The van der Waals surface area contributed by atoms with Crippen molar-refractivity contribution in [3.05, 3.63) is 12.2 Å². The van der Waals surface area contributed by atoms with Crippen LogP contribution < -0.4 is 0 Å². The molecule has 0 aliphatic heterocycles. The van der Waals surface area contributed by atoms with Gasteiger partial charge in [-0.2, -0.15) is 79.0 Å². The zero-order valence-electron chi connectivity index (χ0n) is 17.6. The monoisotopic (exact) mass is 612 g/mol. The molecule has 0 aromatic rings. The van der Waals surface area contributed by atoms with Gasteiger partial charge in [0.25, 0.3) is 6.17 Å². The molecule has 0 aromatic heterocycles. The highest BCUT2D eigenvalue weighted by Gasteiger charge is 2.91. The normalized spacial score (nSPS) is 17.6. The molecule has 0 heterocycles. The molecule has 0 aromatic carbocycles. The van der Waals surface area contributed by atoms with Crippen molar-refractivity contribution in [2.24, 2.45) is 0 Å². The molecule has 1 N–H and O–H groups in total. The molecule has 3 nitrogen and oxygen atoms in total. The van der Waals surface area contributed by atoms with E-state index >= 15 is 0 Å². The van der Waals surface area contributed by atoms with E-state index in [1.165, 1.54) is 0 Å². The summed E-state index contributed by atoms with van der Waals surface area (Å²) in [6, 6.07) is 0. The lowest BCUT2D eigenvalue weighted by atomic mass is 9.87. The Kier molecular flexibility index (Phi) is 9.53. The van der Waals surface area contributed by atoms with Gasteiger partial charge in [0.1, 0.15) is 6.10 Å². The van der Waals surface area contributed by atoms with E-state index in [2.05, 4.69) is 11.3 Å². The van der Waals surface area contributed by atoms with Crippen LogP contribution in [0.25, 0.3) is 0 Å². The third kappa shape index (κ3) is 6.02. The fourth-order valence-corrected chi connectivity index (χ4v) is 2.28. The second-order valence-corrected chi connectivity index (χ2v) is 7.45. The van der Waals surface area contributed by atoms with Gasteiger partial charge in [-0.1, -0.05) is 6.58 Å². The maximum Gasteiger partial charge on any atom is 0.428 e. The van der Waals surface area contributed by atoms with E-state index in [-0.39, 0.29) is 0 Å². The number of carbonyl (C=O) groups excluding carboxylic acids is 1. The highest BCUT2D eigenvalue weighted by molar-refractivity contribution is 5.87. The Morgan fingerprint density at radius 2 is 1.08 bits per heavy atom. The van der Waals surface area contributed by atoms with Crippen LogP contribution in [0.3, 0.4) is 0 Å². The number of aliphatic hydroxyl groups excluding tert-OH is 1. The van der Waals surface area contributed by atoms with Gasteiger partial charge in [-0.25, -0.2) is 9.18 Å². The summed E-state index contributed by atoms with van der Waals surface area (Å²) in [6.07, 6.45) is -32.2. The molecule has 0 rings (SSSR count). The van der Waals surface area contributed by atoms with Crippen molar-refractivity contribution in [3.63, 3.8) is 0 Å². The van der Waals surface area contributed by atoms with E-state index in [1.54, 1.807) is 0 Å². The van der Waals surface area contributed by atoms with E-state index < -0.39 is 84.2 Å². The molecule has 3 unspecified atom stereocenters. The molecule has 0 aliphatic rings. The lowest BCUT2D eigenvalue weighted by Gasteiger charge is -2.42. The van der Waals surface area contributed by atoms with Gasteiger partial charge < -0.3 is 9.84 Å². The second-order valence-electron chi connectivity index (χ2n) is 7.45. The molecule has 0 amide bonds. The predicted molar refractivity (Wildman–Crippen MR) is 82.0 cm³/mol. The molecule has 38 heavy (non-hydrogen) atoms. The minimum atomic E-state index is -8.67. The molecule has 0 saturated carbocycles. The van der Waals surface area contributed by atoms with Crippen molar-refractivity contribution in [2.45, 2.75) is 79.6 Å². The molecule has 0 aliphatic carbocycles. The van der Waals surface area contributed by atoms with Crippen LogP contribution in [0, 0.1) is 0 Å². The van der Waals surface area contributed by atoms with Crippen LogP contribution in [0.15, 0.2) is 12.2 Å². The van der Waals surface area contributed by atoms with E-state index in [9.17, 15) is 93.3 Å². The quantitative estimate of drug-likeness (QED) is 0.165. The number of rotatable bonds is 11. The summed E-state index contributed by atoms with van der Waals surface area (Å²) in [5, 5.41) is 9.18. The molecule has 0 fully saturated rings. The van der Waals surface area contributed by atoms with Crippen LogP contribution in [0.1, 0.15) is 13.3 Å². The minimum absolute atomic E-state index is 0.601. The van der Waals surface area contributed by atoms with Crippen molar-refractivity contribution in [1.29, 1.82) is 0 Å². The highest BCUT2D eigenvalue weighted by atomic mass is 19.4. The van der Waals surface area contributed by atoms with Crippen LogP contribution in [-0.4, -0.2) is 77.3 Å². The number of aliphatic hydroxyl groups is 1. The van der Waals surface area contributed by atoms with E-state index in [0.717, 1.165) is 0 Å². The topological polar surface area (TPSA) is 46.5 Å². The van der Waals surface area contributed by atoms with E-state index in [1.807, 2.05) is 0 Å². The first-order valence-corrected chi connectivity index (χ1v) is 8.84. The fourth-order valence-electron chi connectivity index (χ4n) is 2.28. The van der Waals surface area contributed by atoms with Crippen LogP contribution in [-0.2, 0) is 9.53 Å². The minimum Gasteiger partial charge on any atom is -0.447 e. The third-order valence-corrected chi connectivity index (χ3v) is 4.39.